The minimum Gasteiger partial charge on any atom is -0.490 e. The van der Waals surface area contributed by atoms with Crippen molar-refractivity contribution in [1.82, 2.24) is 0 Å². The van der Waals surface area contributed by atoms with Crippen molar-refractivity contribution < 1.29 is 14.3 Å². The lowest BCUT2D eigenvalue weighted by Gasteiger charge is -2.12. The lowest BCUT2D eigenvalue weighted by atomic mass is 10.1. The number of hydrogen-bond acceptors (Lipinski definition) is 4. The van der Waals surface area contributed by atoms with E-state index in [1.54, 1.807) is 12.1 Å². The van der Waals surface area contributed by atoms with Crippen LogP contribution < -0.4 is 10.5 Å². The molecule has 0 aliphatic heterocycles. The lowest BCUT2D eigenvalue weighted by Crippen LogP contribution is -2.25. The Morgan fingerprint density at radius 3 is 2.20 bits per heavy atom. The summed E-state index contributed by atoms with van der Waals surface area (Å²) >= 11 is 0. The van der Waals surface area contributed by atoms with Gasteiger partial charge in [-0.25, -0.2) is 4.79 Å². The van der Waals surface area contributed by atoms with E-state index in [0.717, 1.165) is 11.3 Å². The Balaban J connectivity index is 1.73. The van der Waals surface area contributed by atoms with Crippen LogP contribution in [0.5, 0.6) is 5.75 Å². The standard InChI is InChI=1S/C16H17NO3/c17-15(13-7-3-1-4-8-13)16(18)20-12-11-19-14-9-5-2-6-10-14/h1-10,15H,11-12,17H2/t15-/m0/s1. The van der Waals surface area contributed by atoms with Gasteiger partial charge in [-0.2, -0.15) is 0 Å². The molecule has 104 valence electrons. The van der Waals surface area contributed by atoms with Crippen LogP contribution in [0.25, 0.3) is 0 Å². The molecule has 0 saturated heterocycles. The van der Waals surface area contributed by atoms with E-state index >= 15 is 0 Å². The molecule has 1 atom stereocenters. The topological polar surface area (TPSA) is 61.6 Å². The maximum Gasteiger partial charge on any atom is 0.327 e. The Morgan fingerprint density at radius 2 is 1.55 bits per heavy atom. The molecular formula is C16H17NO3. The van der Waals surface area contributed by atoms with Crippen molar-refractivity contribution in [2.24, 2.45) is 5.73 Å². The number of benzene rings is 2. The molecule has 2 aromatic rings. The zero-order valence-corrected chi connectivity index (χ0v) is 11.1. The largest absolute Gasteiger partial charge is 0.490 e. The summed E-state index contributed by atoms with van der Waals surface area (Å²) in [6.45, 7) is 0.478. The minimum absolute atomic E-state index is 0.175. The van der Waals surface area contributed by atoms with Gasteiger partial charge in [-0.1, -0.05) is 48.5 Å². The van der Waals surface area contributed by atoms with Crippen LogP contribution in [0.2, 0.25) is 0 Å². The molecule has 0 saturated carbocycles. The quantitative estimate of drug-likeness (QED) is 0.647. The lowest BCUT2D eigenvalue weighted by molar-refractivity contribution is -0.146. The molecule has 0 bridgehead atoms. The van der Waals surface area contributed by atoms with E-state index in [2.05, 4.69) is 0 Å². The Bertz CT molecular complexity index is 528. The van der Waals surface area contributed by atoms with Gasteiger partial charge in [0.05, 0.1) is 0 Å². The van der Waals surface area contributed by atoms with Crippen molar-refractivity contribution >= 4 is 5.97 Å². The predicted molar refractivity (Wildman–Crippen MR) is 76.3 cm³/mol. The van der Waals surface area contributed by atoms with Crippen LogP contribution in [0.1, 0.15) is 11.6 Å². The highest BCUT2D eigenvalue weighted by Gasteiger charge is 2.16. The van der Waals surface area contributed by atoms with E-state index in [9.17, 15) is 4.79 Å². The average Bonchev–Trinajstić information content (AvgIpc) is 2.52. The van der Waals surface area contributed by atoms with Crippen molar-refractivity contribution in [2.75, 3.05) is 13.2 Å². The molecular weight excluding hydrogens is 254 g/mol. The summed E-state index contributed by atoms with van der Waals surface area (Å²) in [5.74, 6) is 0.295. The van der Waals surface area contributed by atoms with Crippen molar-refractivity contribution in [1.29, 1.82) is 0 Å². The maximum absolute atomic E-state index is 11.8. The summed E-state index contributed by atoms with van der Waals surface area (Å²) in [7, 11) is 0. The molecule has 2 aromatic carbocycles. The number of rotatable bonds is 6. The number of para-hydroxylation sites is 1. The number of carbonyl (C=O) groups is 1. The van der Waals surface area contributed by atoms with Gasteiger partial charge in [-0.3, -0.25) is 0 Å². The zero-order chi connectivity index (χ0) is 14.2. The summed E-state index contributed by atoms with van der Waals surface area (Å²) in [6, 6.07) is 17.7. The Labute approximate surface area is 118 Å². The summed E-state index contributed by atoms with van der Waals surface area (Å²) in [5.41, 5.74) is 6.55. The highest BCUT2D eigenvalue weighted by atomic mass is 16.6. The average molecular weight is 271 g/mol. The first kappa shape index (κ1) is 14.1. The third kappa shape index (κ3) is 4.10. The smallest absolute Gasteiger partial charge is 0.327 e. The highest BCUT2D eigenvalue weighted by Crippen LogP contribution is 2.11. The van der Waals surface area contributed by atoms with Crippen molar-refractivity contribution in [2.45, 2.75) is 6.04 Å². The molecule has 0 heterocycles. The highest BCUT2D eigenvalue weighted by molar-refractivity contribution is 5.77. The molecule has 2 N–H and O–H groups in total. The second kappa shape index (κ2) is 7.31. The first-order valence-electron chi connectivity index (χ1n) is 6.42. The van der Waals surface area contributed by atoms with Gasteiger partial charge in [0, 0.05) is 0 Å². The normalized spacial score (nSPS) is 11.7. The van der Waals surface area contributed by atoms with E-state index in [0.29, 0.717) is 6.61 Å². The zero-order valence-electron chi connectivity index (χ0n) is 11.1. The van der Waals surface area contributed by atoms with Crippen LogP contribution >= 0.6 is 0 Å². The molecule has 4 nitrogen and oxygen atoms in total. The molecule has 0 radical (unpaired) electrons. The molecule has 0 aromatic heterocycles. The van der Waals surface area contributed by atoms with Crippen LogP contribution in [0, 0.1) is 0 Å². The molecule has 0 fully saturated rings. The van der Waals surface area contributed by atoms with Crippen molar-refractivity contribution in [3.8, 4) is 5.75 Å². The number of esters is 1. The van der Waals surface area contributed by atoms with E-state index < -0.39 is 12.0 Å². The van der Waals surface area contributed by atoms with Crippen LogP contribution in [-0.2, 0) is 9.53 Å². The van der Waals surface area contributed by atoms with Crippen LogP contribution in [0.15, 0.2) is 60.7 Å². The first-order valence-corrected chi connectivity index (χ1v) is 6.42. The molecule has 20 heavy (non-hydrogen) atoms. The van der Waals surface area contributed by atoms with Crippen molar-refractivity contribution in [3.63, 3.8) is 0 Å². The Hall–Kier alpha value is -2.33. The van der Waals surface area contributed by atoms with Crippen LogP contribution in [-0.4, -0.2) is 19.2 Å². The summed E-state index contributed by atoms with van der Waals surface area (Å²) in [5, 5.41) is 0. The van der Waals surface area contributed by atoms with Gasteiger partial charge in [0.15, 0.2) is 0 Å². The summed E-state index contributed by atoms with van der Waals surface area (Å²) in [6.07, 6.45) is 0. The van der Waals surface area contributed by atoms with Gasteiger partial charge in [0.25, 0.3) is 0 Å². The van der Waals surface area contributed by atoms with E-state index in [1.165, 1.54) is 0 Å². The van der Waals surface area contributed by atoms with E-state index in [-0.39, 0.29) is 6.61 Å². The minimum atomic E-state index is -0.757. The fraction of sp³-hybridized carbons (Fsp3) is 0.188. The number of carbonyl (C=O) groups excluding carboxylic acids is 1. The second-order valence-electron chi connectivity index (χ2n) is 4.22. The van der Waals surface area contributed by atoms with Gasteiger partial charge >= 0.3 is 5.97 Å². The van der Waals surface area contributed by atoms with Gasteiger partial charge in [-0.15, -0.1) is 0 Å². The molecule has 0 amide bonds. The number of ether oxygens (including phenoxy) is 2. The Kier molecular flexibility index (Phi) is 5.15. The predicted octanol–water partition coefficient (Wildman–Crippen LogP) is 2.31. The summed E-state index contributed by atoms with van der Waals surface area (Å²) in [4.78, 5) is 11.8. The Morgan fingerprint density at radius 1 is 0.950 bits per heavy atom. The van der Waals surface area contributed by atoms with Gasteiger partial charge in [-0.05, 0) is 17.7 Å². The molecule has 4 heteroatoms. The molecule has 0 aliphatic rings. The third-order valence-corrected chi connectivity index (χ3v) is 2.75. The summed E-state index contributed by atoms with van der Waals surface area (Å²) < 4.78 is 10.5. The number of nitrogens with two attached hydrogens (primary N) is 1. The van der Waals surface area contributed by atoms with Crippen molar-refractivity contribution in [3.05, 3.63) is 66.2 Å². The maximum atomic E-state index is 11.8. The second-order valence-corrected chi connectivity index (χ2v) is 4.22. The van der Waals surface area contributed by atoms with E-state index in [1.807, 2.05) is 48.5 Å². The molecule has 0 aliphatic carbocycles. The van der Waals surface area contributed by atoms with Gasteiger partial charge in [0.2, 0.25) is 0 Å². The van der Waals surface area contributed by atoms with Crippen LogP contribution in [0.4, 0.5) is 0 Å². The fourth-order valence-corrected chi connectivity index (χ4v) is 1.70. The van der Waals surface area contributed by atoms with Gasteiger partial charge in [0.1, 0.15) is 25.0 Å². The third-order valence-electron chi connectivity index (χ3n) is 2.75. The van der Waals surface area contributed by atoms with Crippen LogP contribution in [0.3, 0.4) is 0 Å². The van der Waals surface area contributed by atoms with E-state index in [4.69, 9.17) is 15.2 Å². The monoisotopic (exact) mass is 271 g/mol. The molecule has 0 unspecified atom stereocenters. The molecule has 0 spiro atoms. The first-order chi connectivity index (χ1) is 9.77. The fourth-order valence-electron chi connectivity index (χ4n) is 1.70. The molecule has 2 rings (SSSR count). The SMILES string of the molecule is N[C@H](C(=O)OCCOc1ccccc1)c1ccccc1. The van der Waals surface area contributed by atoms with Gasteiger partial charge < -0.3 is 15.2 Å². The number of hydrogen-bond donors (Lipinski definition) is 1.